The van der Waals surface area contributed by atoms with E-state index in [1.165, 1.54) is 17.7 Å². The van der Waals surface area contributed by atoms with Gasteiger partial charge in [-0.15, -0.1) is 0 Å². The number of carbonyl (C=O) groups is 1. The van der Waals surface area contributed by atoms with Crippen LogP contribution in [0.3, 0.4) is 0 Å². The third-order valence-corrected chi connectivity index (χ3v) is 3.22. The van der Waals surface area contributed by atoms with Gasteiger partial charge in [-0.25, -0.2) is 4.39 Å². The SMILES string of the molecule is O=C(CCCc1ccccc1)NCCOc1ccc(F)cc1. The number of nitrogens with one attached hydrogen (secondary N) is 1. The Morgan fingerprint density at radius 2 is 1.77 bits per heavy atom. The van der Waals surface area contributed by atoms with Crippen molar-refractivity contribution in [2.24, 2.45) is 0 Å². The molecule has 0 radical (unpaired) electrons. The van der Waals surface area contributed by atoms with Crippen molar-refractivity contribution in [3.8, 4) is 5.75 Å². The van der Waals surface area contributed by atoms with Gasteiger partial charge in [-0.1, -0.05) is 30.3 Å². The molecule has 0 aliphatic heterocycles. The van der Waals surface area contributed by atoms with E-state index in [9.17, 15) is 9.18 Å². The number of halogens is 1. The van der Waals surface area contributed by atoms with E-state index in [1.807, 2.05) is 18.2 Å². The van der Waals surface area contributed by atoms with Crippen molar-refractivity contribution in [2.45, 2.75) is 19.3 Å². The summed E-state index contributed by atoms with van der Waals surface area (Å²) in [6.07, 6.45) is 2.24. The number of ether oxygens (including phenoxy) is 1. The Hall–Kier alpha value is -2.36. The van der Waals surface area contributed by atoms with Crippen molar-refractivity contribution < 1.29 is 13.9 Å². The molecule has 0 heterocycles. The number of benzene rings is 2. The lowest BCUT2D eigenvalue weighted by molar-refractivity contribution is -0.121. The second kappa shape index (κ2) is 8.82. The number of amides is 1. The molecule has 0 aromatic heterocycles. The number of rotatable bonds is 8. The van der Waals surface area contributed by atoms with Crippen LogP contribution in [0.5, 0.6) is 5.75 Å². The Morgan fingerprint density at radius 1 is 1.05 bits per heavy atom. The number of hydrogen-bond acceptors (Lipinski definition) is 2. The maximum absolute atomic E-state index is 12.7. The van der Waals surface area contributed by atoms with Gasteiger partial charge in [-0.2, -0.15) is 0 Å². The summed E-state index contributed by atoms with van der Waals surface area (Å²) in [5.74, 6) is 0.331. The fourth-order valence-corrected chi connectivity index (χ4v) is 2.08. The van der Waals surface area contributed by atoms with Crippen molar-refractivity contribution in [1.82, 2.24) is 5.32 Å². The van der Waals surface area contributed by atoms with Crippen molar-refractivity contribution in [3.05, 3.63) is 66.0 Å². The largest absolute Gasteiger partial charge is 0.492 e. The molecule has 3 nitrogen and oxygen atoms in total. The van der Waals surface area contributed by atoms with Crippen molar-refractivity contribution in [3.63, 3.8) is 0 Å². The molecule has 116 valence electrons. The van der Waals surface area contributed by atoms with Crippen LogP contribution in [0.1, 0.15) is 18.4 Å². The summed E-state index contributed by atoms with van der Waals surface area (Å²) in [5, 5.41) is 2.81. The Morgan fingerprint density at radius 3 is 2.50 bits per heavy atom. The molecule has 0 fully saturated rings. The van der Waals surface area contributed by atoms with E-state index in [1.54, 1.807) is 12.1 Å². The first kappa shape index (κ1) is 16.0. The van der Waals surface area contributed by atoms with E-state index in [0.29, 0.717) is 25.3 Å². The second-order valence-corrected chi connectivity index (χ2v) is 4.99. The van der Waals surface area contributed by atoms with Gasteiger partial charge in [-0.3, -0.25) is 4.79 Å². The first-order chi connectivity index (χ1) is 10.7. The van der Waals surface area contributed by atoms with Crippen LogP contribution in [-0.4, -0.2) is 19.1 Å². The van der Waals surface area contributed by atoms with E-state index in [2.05, 4.69) is 17.4 Å². The lowest BCUT2D eigenvalue weighted by atomic mass is 10.1. The minimum absolute atomic E-state index is 0.0265. The molecule has 0 unspecified atom stereocenters. The van der Waals surface area contributed by atoms with Crippen molar-refractivity contribution >= 4 is 5.91 Å². The first-order valence-electron chi connectivity index (χ1n) is 7.43. The fourth-order valence-electron chi connectivity index (χ4n) is 2.08. The third-order valence-electron chi connectivity index (χ3n) is 3.22. The second-order valence-electron chi connectivity index (χ2n) is 4.99. The zero-order chi connectivity index (χ0) is 15.6. The molecule has 0 spiro atoms. The zero-order valence-electron chi connectivity index (χ0n) is 12.4. The Kier molecular flexibility index (Phi) is 6.42. The van der Waals surface area contributed by atoms with Crippen molar-refractivity contribution in [1.29, 1.82) is 0 Å². The van der Waals surface area contributed by atoms with Crippen LogP contribution in [0.2, 0.25) is 0 Å². The maximum Gasteiger partial charge on any atom is 0.220 e. The molecule has 0 saturated heterocycles. The molecule has 0 atom stereocenters. The van der Waals surface area contributed by atoms with E-state index in [0.717, 1.165) is 12.8 Å². The molecule has 2 aromatic rings. The van der Waals surface area contributed by atoms with Gasteiger partial charge in [0.15, 0.2) is 0 Å². The highest BCUT2D eigenvalue weighted by atomic mass is 19.1. The molecule has 22 heavy (non-hydrogen) atoms. The van der Waals surface area contributed by atoms with Crippen LogP contribution < -0.4 is 10.1 Å². The van der Waals surface area contributed by atoms with Gasteiger partial charge in [-0.05, 0) is 42.7 Å². The average molecular weight is 301 g/mol. The fraction of sp³-hybridized carbons (Fsp3) is 0.278. The molecule has 0 bridgehead atoms. The van der Waals surface area contributed by atoms with E-state index in [-0.39, 0.29) is 11.7 Å². The van der Waals surface area contributed by atoms with Gasteiger partial charge in [0.1, 0.15) is 18.2 Å². The summed E-state index contributed by atoms with van der Waals surface area (Å²) in [6.45, 7) is 0.817. The van der Waals surface area contributed by atoms with Crippen LogP contribution in [0.15, 0.2) is 54.6 Å². The topological polar surface area (TPSA) is 38.3 Å². The summed E-state index contributed by atoms with van der Waals surface area (Å²) in [4.78, 5) is 11.7. The number of aryl methyl sites for hydroxylation is 1. The lowest BCUT2D eigenvalue weighted by Crippen LogP contribution is -2.27. The molecular formula is C18H20FNO2. The van der Waals surface area contributed by atoms with Gasteiger partial charge >= 0.3 is 0 Å². The van der Waals surface area contributed by atoms with Crippen LogP contribution in [-0.2, 0) is 11.2 Å². The number of hydrogen-bond donors (Lipinski definition) is 1. The summed E-state index contributed by atoms with van der Waals surface area (Å²) in [7, 11) is 0. The minimum atomic E-state index is -0.293. The predicted octanol–water partition coefficient (Wildman–Crippen LogP) is 3.34. The van der Waals surface area contributed by atoms with Crippen LogP contribution in [0.4, 0.5) is 4.39 Å². The highest BCUT2D eigenvalue weighted by Gasteiger charge is 2.01. The molecule has 4 heteroatoms. The number of carbonyl (C=O) groups excluding carboxylic acids is 1. The Labute approximate surface area is 130 Å². The molecule has 0 aliphatic carbocycles. The van der Waals surface area contributed by atoms with E-state index >= 15 is 0 Å². The van der Waals surface area contributed by atoms with E-state index in [4.69, 9.17) is 4.74 Å². The van der Waals surface area contributed by atoms with Gasteiger partial charge in [0.05, 0.1) is 6.54 Å². The summed E-state index contributed by atoms with van der Waals surface area (Å²) >= 11 is 0. The summed E-state index contributed by atoms with van der Waals surface area (Å²) in [5.41, 5.74) is 1.25. The Balaban J connectivity index is 1.55. The molecular weight excluding hydrogens is 281 g/mol. The van der Waals surface area contributed by atoms with Gasteiger partial charge in [0.2, 0.25) is 5.91 Å². The van der Waals surface area contributed by atoms with Crippen LogP contribution in [0.25, 0.3) is 0 Å². The minimum Gasteiger partial charge on any atom is -0.492 e. The van der Waals surface area contributed by atoms with Crippen LogP contribution >= 0.6 is 0 Å². The van der Waals surface area contributed by atoms with Gasteiger partial charge < -0.3 is 10.1 Å². The monoisotopic (exact) mass is 301 g/mol. The summed E-state index contributed by atoms with van der Waals surface area (Å²) < 4.78 is 18.1. The first-order valence-corrected chi connectivity index (χ1v) is 7.43. The molecule has 0 saturated carbocycles. The summed E-state index contributed by atoms with van der Waals surface area (Å²) in [6, 6.07) is 15.9. The quantitative estimate of drug-likeness (QED) is 0.759. The normalized spacial score (nSPS) is 10.2. The zero-order valence-corrected chi connectivity index (χ0v) is 12.4. The van der Waals surface area contributed by atoms with Crippen molar-refractivity contribution in [2.75, 3.05) is 13.2 Å². The highest BCUT2D eigenvalue weighted by molar-refractivity contribution is 5.75. The Bertz CT molecular complexity index is 569. The molecule has 2 aromatic carbocycles. The van der Waals surface area contributed by atoms with E-state index < -0.39 is 0 Å². The van der Waals surface area contributed by atoms with Crippen LogP contribution in [0, 0.1) is 5.82 Å². The molecule has 0 aliphatic rings. The van der Waals surface area contributed by atoms with Gasteiger partial charge in [0.25, 0.3) is 0 Å². The molecule has 2 rings (SSSR count). The maximum atomic E-state index is 12.7. The third kappa shape index (κ3) is 5.95. The van der Waals surface area contributed by atoms with Gasteiger partial charge in [0, 0.05) is 6.42 Å². The highest BCUT2D eigenvalue weighted by Crippen LogP contribution is 2.10. The predicted molar refractivity (Wildman–Crippen MR) is 84.3 cm³/mol. The average Bonchev–Trinajstić information content (AvgIpc) is 2.54. The standard InChI is InChI=1S/C18H20FNO2/c19-16-9-11-17(12-10-16)22-14-13-20-18(21)8-4-7-15-5-2-1-3-6-15/h1-3,5-6,9-12H,4,7-8,13-14H2,(H,20,21). The smallest absolute Gasteiger partial charge is 0.220 e. The lowest BCUT2D eigenvalue weighted by Gasteiger charge is -2.08. The molecule has 1 N–H and O–H groups in total. The molecule has 1 amide bonds.